The van der Waals surface area contributed by atoms with Crippen molar-refractivity contribution in [3.8, 4) is 0 Å². The number of hydrogen-bond acceptors (Lipinski definition) is 6. The fourth-order valence-electron chi connectivity index (χ4n) is 1.56. The first-order valence-electron chi connectivity index (χ1n) is 7.61. The maximum atomic E-state index is 12.0. The van der Waals surface area contributed by atoms with Crippen molar-refractivity contribution in [3.05, 3.63) is 11.6 Å². The van der Waals surface area contributed by atoms with Crippen molar-refractivity contribution in [3.63, 3.8) is 0 Å². The third-order valence-electron chi connectivity index (χ3n) is 2.96. The average molecular weight is 375 g/mol. The zero-order valence-electron chi connectivity index (χ0n) is 14.3. The minimum absolute atomic E-state index is 0.0600. The van der Waals surface area contributed by atoms with E-state index >= 15 is 0 Å². The van der Waals surface area contributed by atoms with E-state index in [1.807, 2.05) is 19.9 Å². The third-order valence-corrected chi connectivity index (χ3v) is 3.93. The Morgan fingerprint density at radius 1 is 1.20 bits per heavy atom. The highest BCUT2D eigenvalue weighted by Gasteiger charge is 2.22. The van der Waals surface area contributed by atoms with Crippen molar-refractivity contribution in [2.24, 2.45) is 5.73 Å². The summed E-state index contributed by atoms with van der Waals surface area (Å²) in [5.74, 6) is -2.63. The van der Waals surface area contributed by atoms with Crippen LogP contribution in [0.3, 0.4) is 0 Å². The van der Waals surface area contributed by atoms with E-state index < -0.39 is 42.4 Å². The number of nitrogens with two attached hydrogens (primary N) is 1. The number of carbonyl (C=O) groups excluding carboxylic acids is 2. The molecule has 2 atom stereocenters. The van der Waals surface area contributed by atoms with Crippen LogP contribution < -0.4 is 16.4 Å². The Balaban J connectivity index is 4.61. The number of carboxylic acids is 2. The number of carbonyl (C=O) groups is 4. The molecular formula is C15H25N3O6S. The van der Waals surface area contributed by atoms with E-state index in [2.05, 4.69) is 10.6 Å². The fraction of sp³-hybridized carbons (Fsp3) is 0.600. The van der Waals surface area contributed by atoms with Crippen LogP contribution in [0.15, 0.2) is 11.6 Å². The summed E-state index contributed by atoms with van der Waals surface area (Å²) in [6, 6.07) is -2.07. The fourth-order valence-corrected chi connectivity index (χ4v) is 2.61. The first-order chi connectivity index (χ1) is 11.6. The Morgan fingerprint density at radius 2 is 1.84 bits per heavy atom. The van der Waals surface area contributed by atoms with E-state index in [0.29, 0.717) is 5.75 Å². The molecule has 6 N–H and O–H groups in total. The van der Waals surface area contributed by atoms with Gasteiger partial charge in [0.15, 0.2) is 0 Å². The van der Waals surface area contributed by atoms with Crippen LogP contribution in [0.5, 0.6) is 0 Å². The largest absolute Gasteiger partial charge is 0.480 e. The number of aliphatic carboxylic acids is 2. The number of rotatable bonds is 12. The Kier molecular flexibility index (Phi) is 11.3. The molecule has 9 nitrogen and oxygen atoms in total. The lowest BCUT2D eigenvalue weighted by molar-refractivity contribution is -0.139. The Labute approximate surface area is 150 Å². The molecule has 0 aliphatic heterocycles. The van der Waals surface area contributed by atoms with Gasteiger partial charge >= 0.3 is 11.9 Å². The highest BCUT2D eigenvalue weighted by molar-refractivity contribution is 7.99. The van der Waals surface area contributed by atoms with Gasteiger partial charge in [0.1, 0.15) is 18.6 Å². The predicted molar refractivity (Wildman–Crippen MR) is 94.2 cm³/mol. The summed E-state index contributed by atoms with van der Waals surface area (Å²) in [5, 5.41) is 22.0. The molecule has 0 saturated carbocycles. The number of hydrogen-bond donors (Lipinski definition) is 5. The molecule has 142 valence electrons. The van der Waals surface area contributed by atoms with Crippen LogP contribution in [0.2, 0.25) is 0 Å². The van der Waals surface area contributed by atoms with Crippen molar-refractivity contribution in [1.82, 2.24) is 10.6 Å². The van der Waals surface area contributed by atoms with Gasteiger partial charge in [0, 0.05) is 17.9 Å². The normalized spacial score (nSPS) is 12.6. The van der Waals surface area contributed by atoms with Crippen LogP contribution >= 0.6 is 11.8 Å². The molecule has 0 aliphatic carbocycles. The van der Waals surface area contributed by atoms with Gasteiger partial charge in [-0.2, -0.15) is 11.8 Å². The first-order valence-corrected chi connectivity index (χ1v) is 8.77. The van der Waals surface area contributed by atoms with Gasteiger partial charge in [0.05, 0.1) is 0 Å². The zero-order valence-corrected chi connectivity index (χ0v) is 15.1. The minimum Gasteiger partial charge on any atom is -0.480 e. The van der Waals surface area contributed by atoms with Crippen molar-refractivity contribution in [1.29, 1.82) is 0 Å². The lowest BCUT2D eigenvalue weighted by atomic mass is 10.1. The van der Waals surface area contributed by atoms with Crippen molar-refractivity contribution in [2.45, 2.75) is 38.8 Å². The number of carboxylic acid groups (broad SMARTS) is 2. The molecule has 0 bridgehead atoms. The van der Waals surface area contributed by atoms with E-state index in [1.165, 1.54) is 11.8 Å². The molecule has 0 spiro atoms. The summed E-state index contributed by atoms with van der Waals surface area (Å²) in [5.41, 5.74) is 6.44. The van der Waals surface area contributed by atoms with Gasteiger partial charge in [0.2, 0.25) is 11.8 Å². The summed E-state index contributed by atoms with van der Waals surface area (Å²) in [6.07, 6.45) is 1.76. The monoisotopic (exact) mass is 375 g/mol. The summed E-state index contributed by atoms with van der Waals surface area (Å²) >= 11 is 1.41. The minimum atomic E-state index is -1.21. The maximum absolute atomic E-state index is 12.0. The summed E-state index contributed by atoms with van der Waals surface area (Å²) in [4.78, 5) is 45.1. The van der Waals surface area contributed by atoms with Gasteiger partial charge in [-0.05, 0) is 20.3 Å². The van der Waals surface area contributed by atoms with Gasteiger partial charge < -0.3 is 26.6 Å². The van der Waals surface area contributed by atoms with Gasteiger partial charge in [-0.15, -0.1) is 0 Å². The lowest BCUT2D eigenvalue weighted by Crippen LogP contribution is -2.49. The Hall–Kier alpha value is -2.07. The Bertz CT molecular complexity index is 519. The molecule has 2 unspecified atom stereocenters. The molecule has 0 rings (SSSR count). The van der Waals surface area contributed by atoms with Crippen LogP contribution in [0.25, 0.3) is 0 Å². The van der Waals surface area contributed by atoms with E-state index in [-0.39, 0.29) is 18.6 Å². The van der Waals surface area contributed by atoms with Gasteiger partial charge in [-0.3, -0.25) is 19.2 Å². The SMILES string of the molecule is CC(C)=CCSCC(NC(=O)CCC(N)C(=O)O)C(=O)NCC(=O)O. The predicted octanol–water partition coefficient (Wildman–Crippen LogP) is -0.436. The van der Waals surface area contributed by atoms with E-state index in [9.17, 15) is 19.2 Å². The highest BCUT2D eigenvalue weighted by Crippen LogP contribution is 2.06. The van der Waals surface area contributed by atoms with Crippen molar-refractivity contribution < 1.29 is 29.4 Å². The summed E-state index contributed by atoms with van der Waals surface area (Å²) in [7, 11) is 0. The van der Waals surface area contributed by atoms with Gasteiger partial charge in [-0.1, -0.05) is 11.6 Å². The molecule has 0 fully saturated rings. The average Bonchev–Trinajstić information content (AvgIpc) is 2.52. The molecule has 0 aromatic rings. The topological polar surface area (TPSA) is 159 Å². The smallest absolute Gasteiger partial charge is 0.322 e. The van der Waals surface area contributed by atoms with Gasteiger partial charge in [0.25, 0.3) is 0 Å². The lowest BCUT2D eigenvalue weighted by Gasteiger charge is -2.18. The van der Waals surface area contributed by atoms with E-state index in [4.69, 9.17) is 15.9 Å². The van der Waals surface area contributed by atoms with Gasteiger partial charge in [-0.25, -0.2) is 0 Å². The molecular weight excluding hydrogens is 350 g/mol. The number of amides is 2. The molecule has 0 saturated heterocycles. The molecule has 10 heteroatoms. The van der Waals surface area contributed by atoms with E-state index in [0.717, 1.165) is 5.57 Å². The second-order valence-electron chi connectivity index (χ2n) is 5.53. The molecule has 0 radical (unpaired) electrons. The molecule has 0 aromatic heterocycles. The van der Waals surface area contributed by atoms with Crippen LogP contribution in [0.4, 0.5) is 0 Å². The maximum Gasteiger partial charge on any atom is 0.322 e. The molecule has 2 amide bonds. The second-order valence-corrected chi connectivity index (χ2v) is 6.61. The Morgan fingerprint density at radius 3 is 2.36 bits per heavy atom. The zero-order chi connectivity index (χ0) is 19.4. The summed E-state index contributed by atoms with van der Waals surface area (Å²) in [6.45, 7) is 3.32. The van der Waals surface area contributed by atoms with Crippen LogP contribution in [-0.4, -0.2) is 64.1 Å². The van der Waals surface area contributed by atoms with Crippen LogP contribution in [-0.2, 0) is 19.2 Å². The molecule has 0 aromatic carbocycles. The number of thioether (sulfide) groups is 1. The number of allylic oxidation sites excluding steroid dienone is 1. The van der Waals surface area contributed by atoms with Crippen molar-refractivity contribution >= 4 is 35.5 Å². The van der Waals surface area contributed by atoms with Crippen LogP contribution in [0, 0.1) is 0 Å². The second kappa shape index (κ2) is 12.3. The van der Waals surface area contributed by atoms with Crippen molar-refractivity contribution in [2.75, 3.05) is 18.1 Å². The molecule has 25 heavy (non-hydrogen) atoms. The summed E-state index contributed by atoms with van der Waals surface area (Å²) < 4.78 is 0. The standard InChI is InChI=1S/C15H25N3O6S/c1-9(2)5-6-25-8-11(14(22)17-7-13(20)21)18-12(19)4-3-10(16)15(23)24/h5,10-11H,3-4,6-8,16H2,1-2H3,(H,17,22)(H,18,19)(H,20,21)(H,23,24). The first kappa shape index (κ1) is 22.9. The highest BCUT2D eigenvalue weighted by atomic mass is 32.2. The van der Waals surface area contributed by atoms with Crippen LogP contribution in [0.1, 0.15) is 26.7 Å². The third kappa shape index (κ3) is 12.0. The molecule has 0 heterocycles. The van der Waals surface area contributed by atoms with E-state index in [1.54, 1.807) is 0 Å². The quantitative estimate of drug-likeness (QED) is 0.227. The number of nitrogens with one attached hydrogen (secondary N) is 2. The molecule has 0 aliphatic rings.